The minimum atomic E-state index is -0.302. The summed E-state index contributed by atoms with van der Waals surface area (Å²) in [6.07, 6.45) is 2.80. The summed E-state index contributed by atoms with van der Waals surface area (Å²) in [5.41, 5.74) is 1.29. The number of aromatic nitrogens is 1. The maximum Gasteiger partial charge on any atom is 0.145 e. The Morgan fingerprint density at radius 2 is 2.33 bits per heavy atom. The molecule has 0 atom stereocenters. The standard InChI is InChI=1S/C9H11FN2/c1-4-7-6(2)8(10)5-12-9(7)11-3/h4-5H,1H2,2-3H3,(H,11,12). The summed E-state index contributed by atoms with van der Waals surface area (Å²) < 4.78 is 12.9. The zero-order chi connectivity index (χ0) is 9.14. The molecule has 0 spiro atoms. The highest BCUT2D eigenvalue weighted by Crippen LogP contribution is 2.19. The summed E-state index contributed by atoms with van der Waals surface area (Å²) in [6.45, 7) is 5.30. The number of nitrogens with zero attached hydrogens (tertiary/aromatic N) is 1. The van der Waals surface area contributed by atoms with E-state index in [1.807, 2.05) is 0 Å². The summed E-state index contributed by atoms with van der Waals surface area (Å²) in [5.74, 6) is 0.354. The van der Waals surface area contributed by atoms with Crippen LogP contribution in [0.3, 0.4) is 0 Å². The molecule has 1 rings (SSSR count). The molecule has 0 aromatic carbocycles. The van der Waals surface area contributed by atoms with E-state index in [2.05, 4.69) is 16.9 Å². The molecule has 0 saturated carbocycles. The Kier molecular flexibility index (Phi) is 2.43. The summed E-state index contributed by atoms with van der Waals surface area (Å²) in [5, 5.41) is 2.87. The summed E-state index contributed by atoms with van der Waals surface area (Å²) in [7, 11) is 1.74. The molecule has 1 heterocycles. The largest absolute Gasteiger partial charge is 0.373 e. The van der Waals surface area contributed by atoms with Crippen LogP contribution in [0.2, 0.25) is 0 Å². The number of nitrogens with one attached hydrogen (secondary N) is 1. The Morgan fingerprint density at radius 3 is 2.83 bits per heavy atom. The van der Waals surface area contributed by atoms with Crippen molar-refractivity contribution in [2.24, 2.45) is 0 Å². The quantitative estimate of drug-likeness (QED) is 0.728. The van der Waals surface area contributed by atoms with Gasteiger partial charge in [0.15, 0.2) is 0 Å². The topological polar surface area (TPSA) is 24.9 Å². The van der Waals surface area contributed by atoms with Gasteiger partial charge in [0.05, 0.1) is 6.20 Å². The molecule has 2 nitrogen and oxygen atoms in total. The van der Waals surface area contributed by atoms with Crippen molar-refractivity contribution >= 4 is 11.9 Å². The van der Waals surface area contributed by atoms with Gasteiger partial charge < -0.3 is 5.32 Å². The van der Waals surface area contributed by atoms with Crippen LogP contribution in [0.1, 0.15) is 11.1 Å². The van der Waals surface area contributed by atoms with E-state index in [9.17, 15) is 4.39 Å². The highest BCUT2D eigenvalue weighted by Gasteiger charge is 2.06. The second-order valence-electron chi connectivity index (χ2n) is 2.45. The monoisotopic (exact) mass is 166 g/mol. The lowest BCUT2D eigenvalue weighted by molar-refractivity contribution is 0.612. The molecule has 0 unspecified atom stereocenters. The van der Waals surface area contributed by atoms with E-state index in [0.29, 0.717) is 11.4 Å². The van der Waals surface area contributed by atoms with Gasteiger partial charge in [-0.1, -0.05) is 12.7 Å². The predicted octanol–water partition coefficient (Wildman–Crippen LogP) is 2.21. The fourth-order valence-corrected chi connectivity index (χ4v) is 1.04. The molecule has 1 aromatic heterocycles. The van der Waals surface area contributed by atoms with E-state index in [1.54, 1.807) is 20.0 Å². The zero-order valence-electron chi connectivity index (χ0n) is 7.19. The van der Waals surface area contributed by atoms with Gasteiger partial charge >= 0.3 is 0 Å². The van der Waals surface area contributed by atoms with Gasteiger partial charge in [-0.25, -0.2) is 9.37 Å². The molecule has 0 radical (unpaired) electrons. The lowest BCUT2D eigenvalue weighted by Crippen LogP contribution is -1.99. The van der Waals surface area contributed by atoms with Gasteiger partial charge in [-0.2, -0.15) is 0 Å². The summed E-state index contributed by atoms with van der Waals surface area (Å²) >= 11 is 0. The van der Waals surface area contributed by atoms with Gasteiger partial charge in [-0.05, 0) is 12.5 Å². The van der Waals surface area contributed by atoms with Crippen LogP contribution in [0.4, 0.5) is 10.2 Å². The molecule has 0 fully saturated rings. The fourth-order valence-electron chi connectivity index (χ4n) is 1.04. The van der Waals surface area contributed by atoms with Crippen molar-refractivity contribution in [3.63, 3.8) is 0 Å². The lowest BCUT2D eigenvalue weighted by Gasteiger charge is -2.07. The third-order valence-corrected chi connectivity index (χ3v) is 1.77. The van der Waals surface area contributed by atoms with Crippen LogP contribution in [-0.4, -0.2) is 12.0 Å². The molecule has 0 aliphatic heterocycles. The third-order valence-electron chi connectivity index (χ3n) is 1.77. The Labute approximate surface area is 71.1 Å². The Balaban J connectivity index is 3.35. The van der Waals surface area contributed by atoms with Gasteiger partial charge in [-0.15, -0.1) is 0 Å². The molecule has 12 heavy (non-hydrogen) atoms. The first kappa shape index (κ1) is 8.71. The van der Waals surface area contributed by atoms with Crippen LogP contribution in [0, 0.1) is 12.7 Å². The lowest BCUT2D eigenvalue weighted by atomic mass is 10.1. The van der Waals surface area contributed by atoms with E-state index < -0.39 is 0 Å². The van der Waals surface area contributed by atoms with E-state index in [0.717, 1.165) is 5.56 Å². The van der Waals surface area contributed by atoms with Crippen LogP contribution < -0.4 is 5.32 Å². The number of anilines is 1. The molecule has 1 N–H and O–H groups in total. The Hall–Kier alpha value is -1.38. The van der Waals surface area contributed by atoms with Crippen molar-refractivity contribution in [2.45, 2.75) is 6.92 Å². The normalized spacial score (nSPS) is 9.58. The number of pyridine rings is 1. The number of hydrogen-bond acceptors (Lipinski definition) is 2. The average Bonchev–Trinajstić information content (AvgIpc) is 2.09. The second-order valence-corrected chi connectivity index (χ2v) is 2.45. The fraction of sp³-hybridized carbons (Fsp3) is 0.222. The first-order valence-corrected chi connectivity index (χ1v) is 3.66. The molecule has 64 valence electrons. The number of halogens is 1. The van der Waals surface area contributed by atoms with Crippen molar-refractivity contribution in [1.82, 2.24) is 4.98 Å². The maximum atomic E-state index is 12.9. The molecular weight excluding hydrogens is 155 g/mol. The van der Waals surface area contributed by atoms with E-state index in [4.69, 9.17) is 0 Å². The molecule has 0 aliphatic rings. The highest BCUT2D eigenvalue weighted by molar-refractivity contribution is 5.64. The predicted molar refractivity (Wildman–Crippen MR) is 48.6 cm³/mol. The molecule has 3 heteroatoms. The minimum Gasteiger partial charge on any atom is -0.373 e. The molecular formula is C9H11FN2. The smallest absolute Gasteiger partial charge is 0.145 e. The van der Waals surface area contributed by atoms with Gasteiger partial charge in [0.2, 0.25) is 0 Å². The van der Waals surface area contributed by atoms with Crippen LogP contribution in [0.5, 0.6) is 0 Å². The Morgan fingerprint density at radius 1 is 1.67 bits per heavy atom. The van der Waals surface area contributed by atoms with Crippen LogP contribution in [0.25, 0.3) is 6.08 Å². The van der Waals surface area contributed by atoms with Crippen molar-refractivity contribution in [2.75, 3.05) is 12.4 Å². The van der Waals surface area contributed by atoms with Gasteiger partial charge in [0.1, 0.15) is 11.6 Å². The minimum absolute atomic E-state index is 0.302. The van der Waals surface area contributed by atoms with Crippen molar-refractivity contribution in [1.29, 1.82) is 0 Å². The molecule has 0 bridgehead atoms. The van der Waals surface area contributed by atoms with Crippen molar-refractivity contribution in [3.8, 4) is 0 Å². The summed E-state index contributed by atoms with van der Waals surface area (Å²) in [6, 6.07) is 0. The molecule has 0 saturated heterocycles. The third kappa shape index (κ3) is 1.30. The van der Waals surface area contributed by atoms with E-state index >= 15 is 0 Å². The Bertz CT molecular complexity index is 308. The number of hydrogen-bond donors (Lipinski definition) is 1. The van der Waals surface area contributed by atoms with Crippen LogP contribution in [-0.2, 0) is 0 Å². The first-order chi connectivity index (χ1) is 5.70. The highest BCUT2D eigenvalue weighted by atomic mass is 19.1. The van der Waals surface area contributed by atoms with E-state index in [1.165, 1.54) is 6.20 Å². The van der Waals surface area contributed by atoms with Crippen molar-refractivity contribution in [3.05, 3.63) is 29.7 Å². The zero-order valence-corrected chi connectivity index (χ0v) is 7.19. The molecule has 1 aromatic rings. The average molecular weight is 166 g/mol. The van der Waals surface area contributed by atoms with Crippen LogP contribution in [0.15, 0.2) is 12.8 Å². The van der Waals surface area contributed by atoms with Crippen LogP contribution >= 0.6 is 0 Å². The number of rotatable bonds is 2. The van der Waals surface area contributed by atoms with Gasteiger partial charge in [0, 0.05) is 12.6 Å². The van der Waals surface area contributed by atoms with Gasteiger partial charge in [0.25, 0.3) is 0 Å². The molecule has 0 amide bonds. The van der Waals surface area contributed by atoms with Gasteiger partial charge in [-0.3, -0.25) is 0 Å². The summed E-state index contributed by atoms with van der Waals surface area (Å²) in [4.78, 5) is 3.87. The first-order valence-electron chi connectivity index (χ1n) is 3.66. The van der Waals surface area contributed by atoms with E-state index in [-0.39, 0.29) is 5.82 Å². The second kappa shape index (κ2) is 3.34. The van der Waals surface area contributed by atoms with Crippen molar-refractivity contribution < 1.29 is 4.39 Å². The SMILES string of the molecule is C=Cc1c(NC)ncc(F)c1C. The maximum absolute atomic E-state index is 12.9. The molecule has 0 aliphatic carbocycles.